The highest BCUT2D eigenvalue weighted by molar-refractivity contribution is 7.12. The molecule has 0 spiro atoms. The van der Waals surface area contributed by atoms with E-state index in [-0.39, 0.29) is 13.0 Å². The van der Waals surface area contributed by atoms with E-state index in [9.17, 15) is 40.9 Å². The Kier molecular flexibility index (Phi) is 6.53. The van der Waals surface area contributed by atoms with Crippen molar-refractivity contribution in [2.24, 2.45) is 5.92 Å². The molecule has 3 rings (SSSR count). The van der Waals surface area contributed by atoms with Crippen LogP contribution in [0.5, 0.6) is 0 Å². The van der Waals surface area contributed by atoms with Crippen LogP contribution in [-0.4, -0.2) is 96.8 Å². The molecule has 1 aromatic rings. The van der Waals surface area contributed by atoms with Gasteiger partial charge in [0.2, 0.25) is 0 Å². The summed E-state index contributed by atoms with van der Waals surface area (Å²) < 4.78 is 5.53. The molecular weight excluding hydrogens is 380 g/mol. The Labute approximate surface area is 159 Å². The van der Waals surface area contributed by atoms with Gasteiger partial charge >= 0.3 is 0 Å². The maximum atomic E-state index is 10.3. The fraction of sp³-hybridized carbons (Fsp3) is 0.765. The first kappa shape index (κ1) is 21.1. The quantitative estimate of drug-likeness (QED) is 0.268. The average Bonchev–Trinajstić information content (AvgIpc) is 3.14. The lowest BCUT2D eigenvalue weighted by molar-refractivity contribution is -0.230. The number of hydrogen-bond acceptors (Lipinski definition) is 10. The van der Waals surface area contributed by atoms with Crippen molar-refractivity contribution < 1.29 is 45.6 Å². The van der Waals surface area contributed by atoms with Gasteiger partial charge in [0.25, 0.3) is 0 Å². The zero-order chi connectivity index (χ0) is 19.9. The molecule has 1 aliphatic carbocycles. The highest BCUT2D eigenvalue weighted by atomic mass is 32.1. The smallest absolute Gasteiger partial charge is 0.121 e. The largest absolute Gasteiger partial charge is 0.396 e. The van der Waals surface area contributed by atoms with Gasteiger partial charge in [-0.3, -0.25) is 0 Å². The molecule has 2 aliphatic rings. The van der Waals surface area contributed by atoms with E-state index < -0.39 is 67.3 Å². The molecule has 27 heavy (non-hydrogen) atoms. The predicted octanol–water partition coefficient (Wildman–Crippen LogP) is -2.56. The first-order chi connectivity index (χ1) is 12.8. The first-order valence-corrected chi connectivity index (χ1v) is 9.67. The van der Waals surface area contributed by atoms with E-state index in [1.807, 2.05) is 0 Å². The highest BCUT2D eigenvalue weighted by Gasteiger charge is 2.46. The Hall–Kier alpha value is -0.660. The molecule has 0 amide bonds. The topological polar surface area (TPSA) is 171 Å². The molecule has 8 N–H and O–H groups in total. The normalized spacial score (nSPS) is 45.8. The standard InChI is InChI=1S/C17H26O9S/c18-4-6-3-7(12(21)14(23)11(6)20)9-1-2-10(27-9)17-16(25)15(24)13(22)8(5-19)26-17/h1-2,6-8,11-25H,3-5H2/t6-,7-,8-,11-,12-,13-,14+,15+,16+,17-/m1/s1. The molecule has 1 aliphatic heterocycles. The lowest BCUT2D eigenvalue weighted by Crippen LogP contribution is -2.55. The highest BCUT2D eigenvalue weighted by Crippen LogP contribution is 2.42. The van der Waals surface area contributed by atoms with Gasteiger partial charge in [0.1, 0.15) is 36.6 Å². The van der Waals surface area contributed by atoms with Crippen molar-refractivity contribution in [2.75, 3.05) is 13.2 Å². The summed E-state index contributed by atoms with van der Waals surface area (Å²) in [5, 5.41) is 79.1. The van der Waals surface area contributed by atoms with Gasteiger partial charge < -0.3 is 45.6 Å². The van der Waals surface area contributed by atoms with E-state index in [0.717, 1.165) is 0 Å². The minimum Gasteiger partial charge on any atom is -0.396 e. The lowest BCUT2D eigenvalue weighted by atomic mass is 9.75. The molecule has 9 nitrogen and oxygen atoms in total. The molecule has 1 aromatic heterocycles. The molecule has 0 radical (unpaired) electrons. The Morgan fingerprint density at radius 1 is 0.778 bits per heavy atom. The molecule has 2 heterocycles. The molecule has 1 saturated heterocycles. The van der Waals surface area contributed by atoms with E-state index in [1.165, 1.54) is 11.3 Å². The zero-order valence-corrected chi connectivity index (χ0v) is 15.3. The summed E-state index contributed by atoms with van der Waals surface area (Å²) >= 11 is 1.19. The third-order valence-electron chi connectivity index (χ3n) is 5.57. The van der Waals surface area contributed by atoms with Crippen LogP contribution in [0.2, 0.25) is 0 Å². The van der Waals surface area contributed by atoms with Gasteiger partial charge in [-0.25, -0.2) is 0 Å². The van der Waals surface area contributed by atoms with Crippen molar-refractivity contribution in [2.45, 2.75) is 61.2 Å². The SMILES string of the molecule is OC[C@H]1C[C@H](c2ccc([C@H]3O[C@H](CO)[C@@H](O)[C@H](O)[C@@H]3O)s2)[C@@H](O)[C@@H](O)[C@@H]1O. The van der Waals surface area contributed by atoms with Gasteiger partial charge in [0.15, 0.2) is 0 Å². The summed E-state index contributed by atoms with van der Waals surface area (Å²) in [5.74, 6) is -1.10. The van der Waals surface area contributed by atoms with Crippen LogP contribution in [0.4, 0.5) is 0 Å². The van der Waals surface area contributed by atoms with Crippen LogP contribution in [0.15, 0.2) is 12.1 Å². The second-order valence-corrected chi connectivity index (χ2v) is 8.39. The number of thiophene rings is 1. The summed E-state index contributed by atoms with van der Waals surface area (Å²) in [4.78, 5) is 1.19. The molecule has 0 bridgehead atoms. The van der Waals surface area contributed by atoms with Gasteiger partial charge in [-0.1, -0.05) is 0 Å². The fourth-order valence-corrected chi connectivity index (χ4v) is 5.09. The summed E-state index contributed by atoms with van der Waals surface area (Å²) in [7, 11) is 0. The van der Waals surface area contributed by atoms with Gasteiger partial charge in [0, 0.05) is 28.2 Å². The molecule has 2 fully saturated rings. The first-order valence-electron chi connectivity index (χ1n) is 8.85. The monoisotopic (exact) mass is 406 g/mol. The van der Waals surface area contributed by atoms with Gasteiger partial charge in [-0.15, -0.1) is 11.3 Å². The Morgan fingerprint density at radius 3 is 2.04 bits per heavy atom. The van der Waals surface area contributed by atoms with Crippen molar-refractivity contribution in [1.82, 2.24) is 0 Å². The maximum Gasteiger partial charge on any atom is 0.121 e. The second-order valence-electron chi connectivity index (χ2n) is 7.25. The summed E-state index contributed by atoms with van der Waals surface area (Å²) in [5.41, 5.74) is 0. The van der Waals surface area contributed by atoms with Crippen LogP contribution >= 0.6 is 11.3 Å². The van der Waals surface area contributed by atoms with Gasteiger partial charge in [-0.2, -0.15) is 0 Å². The summed E-state index contributed by atoms with van der Waals surface area (Å²) in [6.07, 6.45) is -9.87. The number of aliphatic hydroxyl groups is 8. The van der Waals surface area contributed by atoms with Gasteiger partial charge in [0.05, 0.1) is 18.8 Å². The van der Waals surface area contributed by atoms with E-state index >= 15 is 0 Å². The van der Waals surface area contributed by atoms with Crippen molar-refractivity contribution in [3.8, 4) is 0 Å². The molecule has 10 atom stereocenters. The second kappa shape index (κ2) is 8.37. The predicted molar refractivity (Wildman–Crippen MR) is 93.0 cm³/mol. The van der Waals surface area contributed by atoms with Crippen LogP contribution in [-0.2, 0) is 4.74 Å². The number of ether oxygens (including phenoxy) is 1. The van der Waals surface area contributed by atoms with E-state index in [1.54, 1.807) is 12.1 Å². The van der Waals surface area contributed by atoms with Crippen LogP contribution in [0.25, 0.3) is 0 Å². The van der Waals surface area contributed by atoms with Crippen LogP contribution in [0, 0.1) is 5.92 Å². The van der Waals surface area contributed by atoms with Gasteiger partial charge in [-0.05, 0) is 18.6 Å². The van der Waals surface area contributed by atoms with E-state index in [2.05, 4.69) is 0 Å². The number of rotatable bonds is 4. The van der Waals surface area contributed by atoms with Crippen LogP contribution in [0.3, 0.4) is 0 Å². The van der Waals surface area contributed by atoms with Crippen LogP contribution in [0.1, 0.15) is 28.2 Å². The molecule has 10 heteroatoms. The number of aliphatic hydroxyl groups excluding tert-OH is 8. The van der Waals surface area contributed by atoms with E-state index in [0.29, 0.717) is 9.75 Å². The Morgan fingerprint density at radius 2 is 1.41 bits per heavy atom. The lowest BCUT2D eigenvalue weighted by Gasteiger charge is -2.40. The summed E-state index contributed by atoms with van der Waals surface area (Å²) in [6, 6.07) is 3.33. The zero-order valence-electron chi connectivity index (χ0n) is 14.4. The average molecular weight is 406 g/mol. The van der Waals surface area contributed by atoms with Crippen molar-refractivity contribution >= 4 is 11.3 Å². The molecule has 154 valence electrons. The van der Waals surface area contributed by atoms with E-state index in [4.69, 9.17) is 4.74 Å². The number of hydrogen-bond donors (Lipinski definition) is 8. The van der Waals surface area contributed by atoms with Crippen molar-refractivity contribution in [3.05, 3.63) is 21.9 Å². The minimum atomic E-state index is -1.48. The third-order valence-corrected chi connectivity index (χ3v) is 6.85. The molecule has 0 unspecified atom stereocenters. The van der Waals surface area contributed by atoms with Crippen molar-refractivity contribution in [3.63, 3.8) is 0 Å². The molecule has 1 saturated carbocycles. The maximum absolute atomic E-state index is 10.3. The fourth-order valence-electron chi connectivity index (χ4n) is 3.85. The third kappa shape index (κ3) is 3.79. The summed E-state index contributed by atoms with van der Waals surface area (Å²) in [6.45, 7) is -0.852. The Bertz CT molecular complexity index is 571. The molecule has 0 aromatic carbocycles. The minimum absolute atomic E-state index is 0.268. The Balaban J connectivity index is 1.82. The van der Waals surface area contributed by atoms with Crippen LogP contribution < -0.4 is 0 Å². The van der Waals surface area contributed by atoms with Crippen molar-refractivity contribution in [1.29, 1.82) is 0 Å². The molecular formula is C17H26O9S.